The molecule has 0 radical (unpaired) electrons. The van der Waals surface area contributed by atoms with E-state index in [1.54, 1.807) is 0 Å². The van der Waals surface area contributed by atoms with Crippen LogP contribution in [0, 0.1) is 5.92 Å². The molecule has 0 rings (SSSR count). The maximum atomic E-state index is 13.2. The zero-order chi connectivity index (χ0) is 78.3. The molecule has 0 fully saturated rings. The largest absolute Gasteiger partial charge is 0.472 e. The molecule has 0 saturated carbocycles. The number of carbonyl (C=O) groups excluding carboxylic acids is 4. The van der Waals surface area contributed by atoms with Crippen molar-refractivity contribution in [1.29, 1.82) is 0 Å². The molecule has 17 nitrogen and oxygen atoms in total. The highest BCUT2D eigenvalue weighted by atomic mass is 31.2. The normalized spacial score (nSPS) is 13.7. The summed E-state index contributed by atoms with van der Waals surface area (Å²) >= 11 is 0. The third kappa shape index (κ3) is 81.9. The number of phosphoric acid groups is 2. The summed E-state index contributed by atoms with van der Waals surface area (Å²) < 4.78 is 69.0. The third-order valence-electron chi connectivity index (χ3n) is 20.8. The second kappa shape index (κ2) is 80.7. The number of aliphatic hydroxyl groups is 1. The minimum Gasteiger partial charge on any atom is -0.462 e. The summed E-state index contributed by atoms with van der Waals surface area (Å²) in [7, 11) is -9.93. The first-order valence-electron chi connectivity index (χ1n) is 45.6. The van der Waals surface area contributed by atoms with Crippen molar-refractivity contribution in [2.24, 2.45) is 5.92 Å². The van der Waals surface area contributed by atoms with Gasteiger partial charge in [0.15, 0.2) is 12.2 Å². The highest BCUT2D eigenvalue weighted by Crippen LogP contribution is 2.45. The minimum absolute atomic E-state index is 0.108. The summed E-state index contributed by atoms with van der Waals surface area (Å²) in [6.07, 6.45) is 75.0. The number of esters is 4. The van der Waals surface area contributed by atoms with Crippen LogP contribution in [0.5, 0.6) is 0 Å². The van der Waals surface area contributed by atoms with Gasteiger partial charge in [-0.2, -0.15) is 0 Å². The molecule has 5 atom stereocenters. The predicted octanol–water partition coefficient (Wildman–Crippen LogP) is 27.2. The van der Waals surface area contributed by atoms with Crippen molar-refractivity contribution < 1.29 is 80.2 Å². The van der Waals surface area contributed by atoms with Crippen LogP contribution in [0.15, 0.2) is 0 Å². The van der Waals surface area contributed by atoms with Gasteiger partial charge in [-0.3, -0.25) is 37.3 Å². The van der Waals surface area contributed by atoms with Crippen LogP contribution in [0.4, 0.5) is 0 Å². The van der Waals surface area contributed by atoms with Gasteiger partial charge in [0, 0.05) is 25.7 Å². The summed E-state index contributed by atoms with van der Waals surface area (Å²) in [4.78, 5) is 73.3. The molecule has 3 N–H and O–H groups in total. The maximum absolute atomic E-state index is 13.2. The lowest BCUT2D eigenvalue weighted by Crippen LogP contribution is -2.30. The lowest BCUT2D eigenvalue weighted by molar-refractivity contribution is -0.161. The van der Waals surface area contributed by atoms with Crippen LogP contribution in [-0.4, -0.2) is 96.7 Å². The lowest BCUT2D eigenvalue weighted by atomic mass is 10.0. The number of phosphoric ester groups is 2. The minimum atomic E-state index is -4.97. The molecule has 636 valence electrons. The van der Waals surface area contributed by atoms with E-state index in [1.165, 1.54) is 302 Å². The molecule has 0 aliphatic rings. The Morgan fingerprint density at radius 3 is 0.636 bits per heavy atom. The summed E-state index contributed by atoms with van der Waals surface area (Å²) in [5, 5.41) is 10.7. The Hall–Kier alpha value is -1.94. The van der Waals surface area contributed by atoms with E-state index in [-0.39, 0.29) is 25.7 Å². The van der Waals surface area contributed by atoms with E-state index in [2.05, 4.69) is 34.6 Å². The Morgan fingerprint density at radius 2 is 0.430 bits per heavy atom. The number of hydrogen-bond donors (Lipinski definition) is 3. The van der Waals surface area contributed by atoms with Gasteiger partial charge in [0.05, 0.1) is 26.4 Å². The van der Waals surface area contributed by atoms with Gasteiger partial charge in [-0.15, -0.1) is 0 Å². The fourth-order valence-corrected chi connectivity index (χ4v) is 15.4. The average Bonchev–Trinajstić information content (AvgIpc) is 0.905. The van der Waals surface area contributed by atoms with Gasteiger partial charge in [0.1, 0.15) is 19.3 Å². The standard InChI is InChI=1S/C88H172O17P2/c1-6-9-12-15-18-21-24-27-29-31-33-34-35-37-39-43-48-53-58-63-68-73-87(92)104-84(78-99-86(91)72-67-62-57-52-47-42-38-36-32-30-28-25-22-19-16-13-10-7-2)80-103-107(96,97)101-76-82(89)75-100-106(94,95)102-79-83(77-98-85(90)71-66-61-56-51-46-26-23-20-17-14-11-8-3)105-88(93)74-69-64-59-54-49-44-40-41-45-50-55-60-65-70-81(4)5/h81-84,89H,6-80H2,1-5H3,(H,94,95)(H,96,97)/t82-,83+,84+/m0/s1. The van der Waals surface area contributed by atoms with E-state index < -0.39 is 97.5 Å². The second-order valence-electron chi connectivity index (χ2n) is 32.1. The second-order valence-corrected chi connectivity index (χ2v) is 35.0. The predicted molar refractivity (Wildman–Crippen MR) is 442 cm³/mol. The van der Waals surface area contributed by atoms with Crippen molar-refractivity contribution in [3.63, 3.8) is 0 Å². The molecule has 19 heteroatoms. The van der Waals surface area contributed by atoms with Crippen molar-refractivity contribution in [1.82, 2.24) is 0 Å². The Bertz CT molecular complexity index is 2030. The maximum Gasteiger partial charge on any atom is 0.472 e. The zero-order valence-corrected chi connectivity index (χ0v) is 72.1. The molecule has 0 aromatic carbocycles. The smallest absolute Gasteiger partial charge is 0.462 e. The van der Waals surface area contributed by atoms with Crippen LogP contribution in [0.25, 0.3) is 0 Å². The molecular weight excluding hydrogens is 1390 g/mol. The molecule has 0 amide bonds. The quantitative estimate of drug-likeness (QED) is 0.0222. The number of unbranched alkanes of at least 4 members (excludes halogenated alkanes) is 60. The van der Waals surface area contributed by atoms with Gasteiger partial charge < -0.3 is 33.8 Å². The molecule has 0 aromatic heterocycles. The lowest BCUT2D eigenvalue weighted by Gasteiger charge is -2.21. The molecule has 0 heterocycles. The van der Waals surface area contributed by atoms with Crippen LogP contribution < -0.4 is 0 Å². The molecule has 0 spiro atoms. The fraction of sp³-hybridized carbons (Fsp3) is 0.955. The van der Waals surface area contributed by atoms with E-state index in [0.29, 0.717) is 25.7 Å². The SMILES string of the molecule is CCCCCCCCCCCCCCCCCCCCCCCC(=O)O[C@H](COC(=O)CCCCCCCCCCCCCCCCCCCC)COP(=O)(O)OC[C@@H](O)COP(=O)(O)OC[C@@H](COC(=O)CCCCCCCCCCCCCC)OC(=O)CCCCCCCCCCCCCCCC(C)C. The Balaban J connectivity index is 5.25. The van der Waals surface area contributed by atoms with Gasteiger partial charge in [0.2, 0.25) is 0 Å². The van der Waals surface area contributed by atoms with Gasteiger partial charge in [0.25, 0.3) is 0 Å². The van der Waals surface area contributed by atoms with Crippen LogP contribution in [-0.2, 0) is 65.4 Å². The average molecular weight is 1560 g/mol. The van der Waals surface area contributed by atoms with E-state index >= 15 is 0 Å². The molecule has 0 aliphatic carbocycles. The zero-order valence-electron chi connectivity index (χ0n) is 70.3. The fourth-order valence-electron chi connectivity index (χ4n) is 13.8. The summed E-state index contributed by atoms with van der Waals surface area (Å²) in [5.74, 6) is -1.31. The molecular formula is C88H172O17P2. The van der Waals surface area contributed by atoms with Crippen LogP contribution >= 0.6 is 15.6 Å². The van der Waals surface area contributed by atoms with Crippen LogP contribution in [0.1, 0.15) is 478 Å². The molecule has 2 unspecified atom stereocenters. The molecule has 0 bridgehead atoms. The van der Waals surface area contributed by atoms with Crippen molar-refractivity contribution in [2.75, 3.05) is 39.6 Å². The number of carbonyl (C=O) groups is 4. The van der Waals surface area contributed by atoms with E-state index in [9.17, 15) is 43.2 Å². The molecule has 0 aliphatic heterocycles. The molecule has 0 aromatic rings. The van der Waals surface area contributed by atoms with Crippen molar-refractivity contribution in [3.05, 3.63) is 0 Å². The molecule has 107 heavy (non-hydrogen) atoms. The van der Waals surface area contributed by atoms with Gasteiger partial charge in [-0.1, -0.05) is 426 Å². The highest BCUT2D eigenvalue weighted by Gasteiger charge is 2.30. The Labute approximate surface area is 658 Å². The Kier molecular flexibility index (Phi) is 79.2. The monoisotopic (exact) mass is 1560 g/mol. The van der Waals surface area contributed by atoms with Gasteiger partial charge in [-0.05, 0) is 31.6 Å². The number of rotatable bonds is 88. The van der Waals surface area contributed by atoms with Gasteiger partial charge >= 0.3 is 39.5 Å². The first kappa shape index (κ1) is 105. The highest BCUT2D eigenvalue weighted by molar-refractivity contribution is 7.47. The first-order chi connectivity index (χ1) is 52.0. The first-order valence-corrected chi connectivity index (χ1v) is 48.6. The number of hydrogen-bond acceptors (Lipinski definition) is 15. The summed E-state index contributed by atoms with van der Waals surface area (Å²) in [6, 6.07) is 0. The van der Waals surface area contributed by atoms with Crippen LogP contribution in [0.2, 0.25) is 0 Å². The van der Waals surface area contributed by atoms with E-state index in [1.807, 2.05) is 0 Å². The Morgan fingerprint density at radius 1 is 0.252 bits per heavy atom. The number of aliphatic hydroxyl groups excluding tert-OH is 1. The van der Waals surface area contributed by atoms with Crippen molar-refractivity contribution >= 4 is 39.5 Å². The van der Waals surface area contributed by atoms with Crippen LogP contribution in [0.3, 0.4) is 0 Å². The topological polar surface area (TPSA) is 237 Å². The van der Waals surface area contributed by atoms with E-state index in [4.69, 9.17) is 37.0 Å². The van der Waals surface area contributed by atoms with Crippen molar-refractivity contribution in [2.45, 2.75) is 496 Å². The summed E-state index contributed by atoms with van der Waals surface area (Å²) in [5.41, 5.74) is 0. The third-order valence-corrected chi connectivity index (χ3v) is 22.7. The summed E-state index contributed by atoms with van der Waals surface area (Å²) in [6.45, 7) is 7.40. The molecule has 0 saturated heterocycles. The number of ether oxygens (including phenoxy) is 4. The van der Waals surface area contributed by atoms with Crippen molar-refractivity contribution in [3.8, 4) is 0 Å². The van der Waals surface area contributed by atoms with E-state index in [0.717, 1.165) is 95.8 Å². The van der Waals surface area contributed by atoms with Gasteiger partial charge in [-0.25, -0.2) is 9.13 Å².